The van der Waals surface area contributed by atoms with Crippen LogP contribution in [0.25, 0.3) is 0 Å². The average molecular weight is 250 g/mol. The molecule has 0 aliphatic heterocycles. The summed E-state index contributed by atoms with van der Waals surface area (Å²) >= 11 is 0. The molecule has 0 unspecified atom stereocenters. The molecular weight excluding hydrogens is 232 g/mol. The average Bonchev–Trinajstić information content (AvgIpc) is 2.17. The van der Waals surface area contributed by atoms with Crippen LogP contribution in [0.5, 0.6) is 0 Å². The fraction of sp³-hybridized carbons (Fsp3) is 0.538. The summed E-state index contributed by atoms with van der Waals surface area (Å²) in [4.78, 5) is 23.8. The van der Waals surface area contributed by atoms with Gasteiger partial charge in [-0.25, -0.2) is 4.79 Å². The zero-order chi connectivity index (χ0) is 14.1. The molecule has 0 radical (unpaired) electrons. The lowest BCUT2D eigenvalue weighted by atomic mass is 10.0. The van der Waals surface area contributed by atoms with Gasteiger partial charge in [0.05, 0.1) is 22.5 Å². The molecule has 5 heteroatoms. The first-order valence-corrected chi connectivity index (χ1v) is 5.71. The van der Waals surface area contributed by atoms with Crippen LogP contribution in [0.1, 0.15) is 59.8 Å². The van der Waals surface area contributed by atoms with Gasteiger partial charge < -0.3 is 4.74 Å². The maximum atomic E-state index is 12.1. The molecule has 0 spiro atoms. The number of rotatable bonds is 2. The molecule has 0 saturated heterocycles. The maximum absolute atomic E-state index is 12.1. The van der Waals surface area contributed by atoms with Crippen molar-refractivity contribution in [2.75, 3.05) is 0 Å². The number of ketones is 1. The van der Waals surface area contributed by atoms with Crippen LogP contribution in [-0.4, -0.2) is 27.6 Å². The lowest BCUT2D eigenvalue weighted by Crippen LogP contribution is -2.26. The summed E-state index contributed by atoms with van der Waals surface area (Å²) in [6, 6.07) is 0. The van der Waals surface area contributed by atoms with Crippen LogP contribution in [0.15, 0.2) is 0 Å². The van der Waals surface area contributed by atoms with Crippen LogP contribution in [0, 0.1) is 13.8 Å². The van der Waals surface area contributed by atoms with Crippen molar-refractivity contribution >= 4 is 11.8 Å². The third-order valence-corrected chi connectivity index (χ3v) is 2.28. The van der Waals surface area contributed by atoms with Gasteiger partial charge in [0, 0.05) is 0 Å². The Kier molecular flexibility index (Phi) is 3.84. The molecule has 0 aliphatic rings. The van der Waals surface area contributed by atoms with Crippen molar-refractivity contribution in [1.82, 2.24) is 10.2 Å². The number of hydrogen-bond donors (Lipinski definition) is 0. The monoisotopic (exact) mass is 250 g/mol. The molecule has 18 heavy (non-hydrogen) atoms. The Bertz CT molecular complexity index is 502. The van der Waals surface area contributed by atoms with E-state index in [2.05, 4.69) is 10.2 Å². The Hall–Kier alpha value is -1.78. The van der Waals surface area contributed by atoms with Crippen LogP contribution in [-0.2, 0) is 4.74 Å². The second-order valence-electron chi connectivity index (χ2n) is 5.18. The van der Waals surface area contributed by atoms with Gasteiger partial charge in [-0.15, -0.1) is 0 Å². The molecule has 5 nitrogen and oxygen atoms in total. The summed E-state index contributed by atoms with van der Waals surface area (Å²) in [6.45, 7) is 10.0. The molecule has 98 valence electrons. The van der Waals surface area contributed by atoms with E-state index in [1.807, 2.05) is 0 Å². The molecule has 0 N–H and O–H groups in total. The zero-order valence-electron chi connectivity index (χ0n) is 11.6. The molecule has 0 aliphatic carbocycles. The highest BCUT2D eigenvalue weighted by Crippen LogP contribution is 2.19. The Balaban J connectivity index is 3.35. The van der Waals surface area contributed by atoms with Crippen LogP contribution in [0.3, 0.4) is 0 Å². The van der Waals surface area contributed by atoms with Gasteiger partial charge in [-0.3, -0.25) is 4.79 Å². The minimum atomic E-state index is -0.616. The van der Waals surface area contributed by atoms with Crippen LogP contribution < -0.4 is 0 Å². The number of ether oxygens (including phenoxy) is 1. The van der Waals surface area contributed by atoms with E-state index in [0.717, 1.165) is 0 Å². The summed E-state index contributed by atoms with van der Waals surface area (Å²) < 4.78 is 5.29. The third-order valence-electron chi connectivity index (χ3n) is 2.28. The predicted molar refractivity (Wildman–Crippen MR) is 66.7 cm³/mol. The topological polar surface area (TPSA) is 69.2 Å². The first kappa shape index (κ1) is 14.3. The smallest absolute Gasteiger partial charge is 0.341 e. The minimum Gasteiger partial charge on any atom is -0.456 e. The number of carbonyl (C=O) groups excluding carboxylic acids is 2. The SMILES string of the molecule is CC(=O)c1c(C)nnc(C)c1C(=O)OC(C)(C)C. The second kappa shape index (κ2) is 4.84. The van der Waals surface area contributed by atoms with E-state index in [1.54, 1.807) is 34.6 Å². The number of aryl methyl sites for hydroxylation is 2. The third kappa shape index (κ3) is 3.12. The first-order valence-electron chi connectivity index (χ1n) is 5.71. The van der Waals surface area contributed by atoms with Crippen LogP contribution >= 0.6 is 0 Å². The Morgan fingerprint density at radius 1 is 1.00 bits per heavy atom. The highest BCUT2D eigenvalue weighted by atomic mass is 16.6. The normalized spacial score (nSPS) is 11.2. The van der Waals surface area contributed by atoms with Gasteiger partial charge in [0.1, 0.15) is 5.60 Å². The molecule has 0 amide bonds. The van der Waals surface area contributed by atoms with Crippen LogP contribution in [0.4, 0.5) is 0 Å². The maximum Gasteiger partial charge on any atom is 0.341 e. The van der Waals surface area contributed by atoms with Gasteiger partial charge in [0.25, 0.3) is 0 Å². The summed E-state index contributed by atoms with van der Waals surface area (Å²) in [5.74, 6) is -0.755. The molecule has 0 aromatic carbocycles. The number of hydrogen-bond acceptors (Lipinski definition) is 5. The van der Waals surface area contributed by atoms with Gasteiger partial charge in [-0.05, 0) is 41.5 Å². The van der Waals surface area contributed by atoms with Crippen molar-refractivity contribution in [3.05, 3.63) is 22.5 Å². The Morgan fingerprint density at radius 2 is 1.44 bits per heavy atom. The lowest BCUT2D eigenvalue weighted by molar-refractivity contribution is 0.00660. The molecule has 0 bridgehead atoms. The quantitative estimate of drug-likeness (QED) is 0.594. The standard InChI is InChI=1S/C13H18N2O3/c1-7-10(9(3)16)11(8(2)15-14-7)12(17)18-13(4,5)6/h1-6H3. The highest BCUT2D eigenvalue weighted by molar-refractivity contribution is 6.06. The Labute approximate surface area is 107 Å². The summed E-state index contributed by atoms with van der Waals surface area (Å²) in [6.07, 6.45) is 0. The van der Waals surface area contributed by atoms with Gasteiger partial charge in [-0.2, -0.15) is 10.2 Å². The van der Waals surface area contributed by atoms with E-state index in [9.17, 15) is 9.59 Å². The number of carbonyl (C=O) groups is 2. The van der Waals surface area contributed by atoms with Gasteiger partial charge in [0.2, 0.25) is 0 Å². The summed E-state index contributed by atoms with van der Waals surface area (Å²) in [7, 11) is 0. The molecule has 1 aromatic rings. The summed E-state index contributed by atoms with van der Waals surface area (Å²) in [5.41, 5.74) is 0.727. The minimum absolute atomic E-state index is 0.213. The first-order chi connectivity index (χ1) is 8.13. The van der Waals surface area contributed by atoms with E-state index >= 15 is 0 Å². The molecule has 0 atom stereocenters. The second-order valence-corrected chi connectivity index (χ2v) is 5.18. The van der Waals surface area contributed by atoms with E-state index < -0.39 is 11.6 Å². The fourth-order valence-electron chi connectivity index (χ4n) is 1.62. The van der Waals surface area contributed by atoms with Crippen molar-refractivity contribution < 1.29 is 14.3 Å². The lowest BCUT2D eigenvalue weighted by Gasteiger charge is -2.21. The largest absolute Gasteiger partial charge is 0.456 e. The molecular formula is C13H18N2O3. The molecule has 0 saturated carbocycles. The number of aromatic nitrogens is 2. The summed E-state index contributed by atoms with van der Waals surface area (Å²) in [5, 5.41) is 7.73. The fourth-order valence-corrected chi connectivity index (χ4v) is 1.62. The van der Waals surface area contributed by atoms with E-state index in [1.165, 1.54) is 6.92 Å². The van der Waals surface area contributed by atoms with Crippen molar-refractivity contribution in [2.45, 2.75) is 47.1 Å². The van der Waals surface area contributed by atoms with Crippen molar-refractivity contribution in [3.63, 3.8) is 0 Å². The van der Waals surface area contributed by atoms with Gasteiger partial charge in [-0.1, -0.05) is 0 Å². The van der Waals surface area contributed by atoms with E-state index in [0.29, 0.717) is 11.4 Å². The molecule has 1 rings (SSSR count). The van der Waals surface area contributed by atoms with Crippen LogP contribution in [0.2, 0.25) is 0 Å². The Morgan fingerprint density at radius 3 is 1.83 bits per heavy atom. The number of nitrogens with zero attached hydrogens (tertiary/aromatic N) is 2. The molecule has 1 aromatic heterocycles. The van der Waals surface area contributed by atoms with E-state index in [4.69, 9.17) is 4.74 Å². The van der Waals surface area contributed by atoms with Crippen molar-refractivity contribution in [3.8, 4) is 0 Å². The van der Waals surface area contributed by atoms with Crippen molar-refractivity contribution in [2.24, 2.45) is 0 Å². The predicted octanol–water partition coefficient (Wildman–Crippen LogP) is 2.25. The van der Waals surface area contributed by atoms with Gasteiger partial charge in [0.15, 0.2) is 5.78 Å². The molecule has 0 fully saturated rings. The number of esters is 1. The molecule has 1 heterocycles. The number of Topliss-reactive ketones (excluding diaryl/α,β-unsaturated/α-hetero) is 1. The van der Waals surface area contributed by atoms with Gasteiger partial charge >= 0.3 is 5.97 Å². The van der Waals surface area contributed by atoms with Crippen molar-refractivity contribution in [1.29, 1.82) is 0 Å². The van der Waals surface area contributed by atoms with E-state index in [-0.39, 0.29) is 16.9 Å². The zero-order valence-corrected chi connectivity index (χ0v) is 11.6. The highest BCUT2D eigenvalue weighted by Gasteiger charge is 2.26.